The molecule has 0 aliphatic heterocycles. The average molecular weight is 379 g/mol. The van der Waals surface area contributed by atoms with E-state index in [1.54, 1.807) is 13.0 Å². The van der Waals surface area contributed by atoms with Gasteiger partial charge in [-0.15, -0.1) is 0 Å². The van der Waals surface area contributed by atoms with E-state index in [1.165, 1.54) is 12.2 Å². The summed E-state index contributed by atoms with van der Waals surface area (Å²) in [6.07, 6.45) is 10.2. The lowest BCUT2D eigenvalue weighted by Gasteiger charge is -2.20. The molecule has 0 saturated heterocycles. The minimum absolute atomic E-state index is 0.146. The van der Waals surface area contributed by atoms with Crippen LogP contribution in [-0.4, -0.2) is 40.8 Å². The summed E-state index contributed by atoms with van der Waals surface area (Å²) in [5.74, 6) is -0.595. The van der Waals surface area contributed by atoms with Crippen molar-refractivity contribution in [3.8, 4) is 0 Å². The molecule has 4 atom stereocenters. The van der Waals surface area contributed by atoms with Gasteiger partial charge in [0, 0.05) is 31.3 Å². The molecule has 0 aromatic carbocycles. The van der Waals surface area contributed by atoms with E-state index in [9.17, 15) is 19.8 Å². The second-order valence-corrected chi connectivity index (χ2v) is 7.31. The average Bonchev–Trinajstić information content (AvgIpc) is 2.89. The van der Waals surface area contributed by atoms with Crippen molar-refractivity contribution in [2.75, 3.05) is 6.61 Å². The summed E-state index contributed by atoms with van der Waals surface area (Å²) in [5.41, 5.74) is 0.701. The molecule has 1 saturated carbocycles. The first-order valence-corrected chi connectivity index (χ1v) is 9.91. The Bertz CT molecular complexity index is 549. The van der Waals surface area contributed by atoms with Crippen LogP contribution in [0.4, 0.5) is 0 Å². The van der Waals surface area contributed by atoms with Gasteiger partial charge in [-0.25, -0.2) is 4.79 Å². The van der Waals surface area contributed by atoms with E-state index in [2.05, 4.69) is 13.5 Å². The molecule has 0 amide bonds. The van der Waals surface area contributed by atoms with E-state index in [0.29, 0.717) is 31.3 Å². The highest BCUT2D eigenvalue weighted by Crippen LogP contribution is 2.37. The minimum atomic E-state index is -0.642. The van der Waals surface area contributed by atoms with E-state index in [0.717, 1.165) is 19.3 Å². The van der Waals surface area contributed by atoms with Crippen molar-refractivity contribution >= 4 is 11.8 Å². The number of Topliss-reactive ketones (excluding diaryl/α,β-unsaturated/α-hetero) is 1. The molecule has 27 heavy (non-hydrogen) atoms. The quantitative estimate of drug-likeness (QED) is 0.178. The van der Waals surface area contributed by atoms with Gasteiger partial charge in [-0.05, 0) is 31.3 Å². The summed E-state index contributed by atoms with van der Waals surface area (Å²) in [7, 11) is 0. The molecule has 1 rings (SSSR count). The van der Waals surface area contributed by atoms with Crippen LogP contribution in [0.2, 0.25) is 0 Å². The predicted molar refractivity (Wildman–Crippen MR) is 106 cm³/mol. The van der Waals surface area contributed by atoms with Crippen LogP contribution < -0.4 is 0 Å². The highest BCUT2D eigenvalue weighted by atomic mass is 16.5. The molecule has 5 heteroatoms. The van der Waals surface area contributed by atoms with Crippen LogP contribution in [0.5, 0.6) is 0 Å². The lowest BCUT2D eigenvalue weighted by molar-refractivity contribution is -0.136. The molecule has 1 aliphatic rings. The third-order valence-electron chi connectivity index (χ3n) is 5.00. The van der Waals surface area contributed by atoms with Gasteiger partial charge in [-0.1, -0.05) is 44.6 Å². The molecule has 0 radical (unpaired) electrons. The van der Waals surface area contributed by atoms with Crippen LogP contribution in [0, 0.1) is 11.8 Å². The number of rotatable bonds is 12. The van der Waals surface area contributed by atoms with Crippen molar-refractivity contribution < 1.29 is 24.5 Å². The summed E-state index contributed by atoms with van der Waals surface area (Å²) in [6, 6.07) is 0. The van der Waals surface area contributed by atoms with Gasteiger partial charge in [-0.3, -0.25) is 4.79 Å². The summed E-state index contributed by atoms with van der Waals surface area (Å²) >= 11 is 0. The van der Waals surface area contributed by atoms with E-state index in [-0.39, 0.29) is 24.2 Å². The third-order valence-corrected chi connectivity index (χ3v) is 5.00. The van der Waals surface area contributed by atoms with Crippen LogP contribution in [0.25, 0.3) is 0 Å². The maximum atomic E-state index is 12.0. The van der Waals surface area contributed by atoms with Gasteiger partial charge in [0.2, 0.25) is 0 Å². The fourth-order valence-corrected chi connectivity index (χ4v) is 3.48. The van der Waals surface area contributed by atoms with Gasteiger partial charge in [0.15, 0.2) is 0 Å². The number of allylic oxidation sites excluding steroid dienone is 2. The molecular weight excluding hydrogens is 344 g/mol. The first kappa shape index (κ1) is 23.3. The predicted octanol–water partition coefficient (Wildman–Crippen LogP) is 3.51. The van der Waals surface area contributed by atoms with Crippen molar-refractivity contribution in [3.05, 3.63) is 36.5 Å². The van der Waals surface area contributed by atoms with Gasteiger partial charge in [0.1, 0.15) is 12.4 Å². The minimum Gasteiger partial charge on any atom is -0.458 e. The number of unbranched alkanes of at least 4 members (excludes halogenated alkanes) is 2. The van der Waals surface area contributed by atoms with E-state index in [4.69, 9.17) is 4.74 Å². The number of esters is 1. The molecule has 0 unspecified atom stereocenters. The molecule has 0 spiro atoms. The second-order valence-electron chi connectivity index (χ2n) is 7.31. The SMILES string of the molecule is C=CCOC(=O)C=C(C)C=C[C@@H]1[C@H](CCC(=O)CCCCC)[C@@H](O)C[C@H]1O. The number of aliphatic hydroxyl groups excluding tert-OH is 2. The van der Waals surface area contributed by atoms with E-state index in [1.807, 2.05) is 6.08 Å². The van der Waals surface area contributed by atoms with Crippen LogP contribution in [0.3, 0.4) is 0 Å². The number of aliphatic hydroxyl groups is 2. The summed E-state index contributed by atoms with van der Waals surface area (Å²) in [6.45, 7) is 7.53. The number of carbonyl (C=O) groups excluding carboxylic acids is 2. The zero-order chi connectivity index (χ0) is 20.2. The Kier molecular flexibility index (Phi) is 10.9. The first-order chi connectivity index (χ1) is 12.9. The Morgan fingerprint density at radius 2 is 1.93 bits per heavy atom. The zero-order valence-corrected chi connectivity index (χ0v) is 16.6. The maximum Gasteiger partial charge on any atom is 0.331 e. The first-order valence-electron chi connectivity index (χ1n) is 9.91. The van der Waals surface area contributed by atoms with Crippen molar-refractivity contribution in [3.63, 3.8) is 0 Å². The molecule has 0 bridgehead atoms. The van der Waals surface area contributed by atoms with Crippen molar-refractivity contribution in [1.29, 1.82) is 0 Å². The summed E-state index contributed by atoms with van der Waals surface area (Å²) in [4.78, 5) is 23.6. The molecule has 1 aliphatic carbocycles. The Hall–Kier alpha value is -1.72. The number of hydrogen-bond donors (Lipinski definition) is 2. The molecule has 1 fully saturated rings. The molecular formula is C22H34O5. The van der Waals surface area contributed by atoms with Crippen molar-refractivity contribution in [2.24, 2.45) is 11.8 Å². The highest BCUT2D eigenvalue weighted by Gasteiger charge is 2.39. The van der Waals surface area contributed by atoms with Gasteiger partial charge in [0.05, 0.1) is 12.2 Å². The Balaban J connectivity index is 2.62. The molecule has 0 heterocycles. The van der Waals surface area contributed by atoms with Crippen molar-refractivity contribution in [2.45, 2.75) is 71.0 Å². The van der Waals surface area contributed by atoms with Gasteiger partial charge < -0.3 is 14.9 Å². The van der Waals surface area contributed by atoms with E-state index >= 15 is 0 Å². The molecule has 152 valence electrons. The molecule has 0 aromatic rings. The molecule has 0 aromatic heterocycles. The van der Waals surface area contributed by atoms with Gasteiger partial charge in [0.25, 0.3) is 0 Å². The Labute approximate surface area is 162 Å². The lowest BCUT2D eigenvalue weighted by Crippen LogP contribution is -2.21. The smallest absolute Gasteiger partial charge is 0.331 e. The number of carbonyl (C=O) groups is 2. The van der Waals surface area contributed by atoms with Gasteiger partial charge >= 0.3 is 5.97 Å². The number of ketones is 1. The Morgan fingerprint density at radius 1 is 1.19 bits per heavy atom. The number of hydrogen-bond acceptors (Lipinski definition) is 5. The fourth-order valence-electron chi connectivity index (χ4n) is 3.48. The Morgan fingerprint density at radius 3 is 2.59 bits per heavy atom. The summed E-state index contributed by atoms with van der Waals surface area (Å²) < 4.78 is 4.90. The summed E-state index contributed by atoms with van der Waals surface area (Å²) in [5, 5.41) is 20.5. The van der Waals surface area contributed by atoms with Crippen LogP contribution >= 0.6 is 0 Å². The normalized spacial score (nSPS) is 25.7. The second kappa shape index (κ2) is 12.6. The topological polar surface area (TPSA) is 83.8 Å². The van der Waals surface area contributed by atoms with Crippen LogP contribution in [-0.2, 0) is 14.3 Å². The van der Waals surface area contributed by atoms with Crippen LogP contribution in [0.15, 0.2) is 36.5 Å². The zero-order valence-electron chi connectivity index (χ0n) is 16.6. The standard InChI is InChI=1S/C22H34O5/c1-4-6-7-8-17(23)10-12-19-18(20(24)15-21(19)25)11-9-16(3)14-22(26)27-13-5-2/h5,9,11,14,18-21,24-25H,2,4,6-8,10,12-13,15H2,1,3H3/t18-,19+,20-,21+/m1/s1. The van der Waals surface area contributed by atoms with E-state index < -0.39 is 18.2 Å². The monoisotopic (exact) mass is 378 g/mol. The maximum absolute atomic E-state index is 12.0. The lowest BCUT2D eigenvalue weighted by atomic mass is 9.87. The largest absolute Gasteiger partial charge is 0.458 e. The van der Waals surface area contributed by atoms with Gasteiger partial charge in [-0.2, -0.15) is 0 Å². The van der Waals surface area contributed by atoms with Crippen LogP contribution in [0.1, 0.15) is 58.8 Å². The fraction of sp³-hybridized carbons (Fsp3) is 0.636. The van der Waals surface area contributed by atoms with Crippen molar-refractivity contribution in [1.82, 2.24) is 0 Å². The molecule has 2 N–H and O–H groups in total. The third kappa shape index (κ3) is 8.67. The highest BCUT2D eigenvalue weighted by molar-refractivity contribution is 5.83. The molecule has 5 nitrogen and oxygen atoms in total. The number of ether oxygens (including phenoxy) is 1.